The second-order valence-electron chi connectivity index (χ2n) is 14.2. The Balaban J connectivity index is 1.23. The van der Waals surface area contributed by atoms with Gasteiger partial charge in [0.1, 0.15) is 0 Å². The van der Waals surface area contributed by atoms with Crippen molar-refractivity contribution in [2.75, 3.05) is 20.1 Å². The highest BCUT2D eigenvalue weighted by Gasteiger charge is 2.59. The van der Waals surface area contributed by atoms with Crippen molar-refractivity contribution in [3.05, 3.63) is 11.6 Å². The minimum absolute atomic E-state index is 0.146. The molecule has 2 N–H and O–H groups in total. The molecular formula is C30H49N3O3. The smallest absolute Gasteiger partial charge is 0.393 e. The predicted molar refractivity (Wildman–Crippen MR) is 144 cm³/mol. The van der Waals surface area contributed by atoms with Gasteiger partial charge < -0.3 is 15.3 Å². The number of aliphatic hydroxyl groups excluding tert-OH is 1. The molecule has 5 rings (SSSR count). The summed E-state index contributed by atoms with van der Waals surface area (Å²) in [5.41, 5.74) is 3.30. The molecule has 6 nitrogen and oxygen atoms in total. The van der Waals surface area contributed by atoms with Crippen LogP contribution in [0.5, 0.6) is 0 Å². The molecule has 5 aliphatic rings. The van der Waals surface area contributed by atoms with Crippen molar-refractivity contribution in [1.82, 2.24) is 10.2 Å². The van der Waals surface area contributed by atoms with E-state index in [1.807, 2.05) is 7.05 Å². The van der Waals surface area contributed by atoms with Crippen LogP contribution in [0, 0.1) is 39.9 Å². The molecule has 1 aliphatic heterocycles. The molecule has 0 spiro atoms. The van der Waals surface area contributed by atoms with Gasteiger partial charge in [-0.2, -0.15) is 0 Å². The summed E-state index contributed by atoms with van der Waals surface area (Å²) in [5, 5.41) is 18.2. The number of rotatable bonds is 4. The van der Waals surface area contributed by atoms with Crippen molar-refractivity contribution in [3.63, 3.8) is 0 Å². The van der Waals surface area contributed by atoms with Crippen LogP contribution in [-0.2, 0) is 4.84 Å². The summed E-state index contributed by atoms with van der Waals surface area (Å²) >= 11 is 0. The summed E-state index contributed by atoms with van der Waals surface area (Å²) in [7, 11) is 1.81. The largest absolute Gasteiger partial charge is 0.435 e. The molecule has 3 saturated carbocycles. The van der Waals surface area contributed by atoms with Crippen LogP contribution in [0.25, 0.3) is 0 Å². The number of nitrogens with zero attached hydrogens (tertiary/aromatic N) is 2. The minimum atomic E-state index is -0.360. The van der Waals surface area contributed by atoms with E-state index >= 15 is 0 Å². The van der Waals surface area contributed by atoms with Crippen LogP contribution in [0.4, 0.5) is 4.79 Å². The monoisotopic (exact) mass is 499 g/mol. The normalized spacial score (nSPS) is 43.8. The van der Waals surface area contributed by atoms with Gasteiger partial charge in [0.25, 0.3) is 0 Å². The highest BCUT2D eigenvalue weighted by Crippen LogP contribution is 2.66. The third-order valence-corrected chi connectivity index (χ3v) is 11.3. The molecule has 8 atom stereocenters. The lowest BCUT2D eigenvalue weighted by Crippen LogP contribution is -2.50. The van der Waals surface area contributed by atoms with Crippen molar-refractivity contribution in [1.29, 1.82) is 0 Å². The molecule has 0 aromatic rings. The number of oxime groups is 1. The first-order valence-electron chi connectivity index (χ1n) is 14.5. The summed E-state index contributed by atoms with van der Waals surface area (Å²) in [4.78, 5) is 19.8. The van der Waals surface area contributed by atoms with Gasteiger partial charge in [-0.3, -0.25) is 4.84 Å². The molecule has 0 aromatic heterocycles. The average Bonchev–Trinajstić information content (AvgIpc) is 3.35. The van der Waals surface area contributed by atoms with Crippen LogP contribution in [0.3, 0.4) is 0 Å². The maximum atomic E-state index is 12.7. The Kier molecular flexibility index (Phi) is 6.85. The standard InChI is InChI=1S/C30H49N3O3/c1-19(32-36-27(35)33(6)17-21-16-28(2,3)18-31-21)24-9-10-25-23-8-7-20-15-22(34)11-13-29(20,4)26(23)12-14-30(24,25)5/h7,21-26,31,34H,8-18H2,1-6H3/b32-19+/t21?,22-,23-,24+,25-,26-,29-,30+/m0/s1. The number of amides is 1. The highest BCUT2D eigenvalue weighted by molar-refractivity contribution is 5.85. The molecular weight excluding hydrogens is 450 g/mol. The molecule has 202 valence electrons. The number of allylic oxidation sites excluding steroid dienone is 1. The Morgan fingerprint density at radius 2 is 1.94 bits per heavy atom. The van der Waals surface area contributed by atoms with Crippen LogP contribution >= 0.6 is 0 Å². The number of fused-ring (bicyclic) bond motifs is 5. The van der Waals surface area contributed by atoms with Crippen molar-refractivity contribution >= 4 is 11.8 Å². The molecule has 1 unspecified atom stereocenters. The number of likely N-dealkylation sites (N-methyl/N-ethyl adjacent to an activating group) is 1. The Morgan fingerprint density at radius 1 is 1.17 bits per heavy atom. The van der Waals surface area contributed by atoms with Gasteiger partial charge >= 0.3 is 6.09 Å². The summed E-state index contributed by atoms with van der Waals surface area (Å²) in [6.07, 6.45) is 12.0. The van der Waals surface area contributed by atoms with Crippen LogP contribution in [0.1, 0.15) is 92.4 Å². The fourth-order valence-corrected chi connectivity index (χ4v) is 9.34. The van der Waals surface area contributed by atoms with E-state index in [1.165, 1.54) is 24.8 Å². The second-order valence-corrected chi connectivity index (χ2v) is 14.2. The van der Waals surface area contributed by atoms with Crippen LogP contribution in [0.2, 0.25) is 0 Å². The van der Waals surface area contributed by atoms with Gasteiger partial charge in [-0.1, -0.05) is 44.5 Å². The van der Waals surface area contributed by atoms with Gasteiger partial charge in [-0.15, -0.1) is 0 Å². The summed E-state index contributed by atoms with van der Waals surface area (Å²) < 4.78 is 0. The molecule has 0 bridgehead atoms. The Bertz CT molecular complexity index is 928. The third kappa shape index (κ3) is 4.55. The van der Waals surface area contributed by atoms with Crippen molar-refractivity contribution in [2.24, 2.45) is 45.1 Å². The molecule has 1 saturated heterocycles. The van der Waals surface area contributed by atoms with E-state index in [-0.39, 0.29) is 28.4 Å². The molecule has 0 aromatic carbocycles. The number of nitrogens with one attached hydrogen (secondary N) is 1. The number of aliphatic hydroxyl groups is 1. The Labute approximate surface area is 218 Å². The lowest BCUT2D eigenvalue weighted by atomic mass is 9.47. The number of hydrogen-bond donors (Lipinski definition) is 2. The minimum Gasteiger partial charge on any atom is -0.393 e. The maximum Gasteiger partial charge on any atom is 0.435 e. The summed E-state index contributed by atoms with van der Waals surface area (Å²) in [5.74, 6) is 2.54. The van der Waals surface area contributed by atoms with Gasteiger partial charge in [0.2, 0.25) is 0 Å². The van der Waals surface area contributed by atoms with E-state index in [1.54, 1.807) is 4.90 Å². The van der Waals surface area contributed by atoms with E-state index in [0.717, 1.165) is 62.6 Å². The van der Waals surface area contributed by atoms with E-state index in [9.17, 15) is 9.90 Å². The molecule has 36 heavy (non-hydrogen) atoms. The SMILES string of the molecule is C/C(=N\OC(=O)N(C)CC1CC(C)(C)CN1)[C@H]1CC[C@H]2[C@@H]3CC=C4C[C@@H](O)CC[C@]4(C)[C@H]3CC[C@]12C. The van der Waals surface area contributed by atoms with E-state index in [2.05, 4.69) is 51.2 Å². The molecule has 6 heteroatoms. The highest BCUT2D eigenvalue weighted by atomic mass is 16.7. The molecule has 4 fully saturated rings. The molecule has 0 radical (unpaired) electrons. The third-order valence-electron chi connectivity index (χ3n) is 11.3. The van der Waals surface area contributed by atoms with Gasteiger partial charge in [-0.25, -0.2) is 4.79 Å². The van der Waals surface area contributed by atoms with Crippen LogP contribution in [0.15, 0.2) is 16.8 Å². The quantitative estimate of drug-likeness (QED) is 0.223. The van der Waals surface area contributed by atoms with Gasteiger partial charge in [-0.05, 0) is 98.7 Å². The number of carbonyl (C=O) groups excluding carboxylic acids is 1. The summed E-state index contributed by atoms with van der Waals surface area (Å²) in [6.45, 7) is 13.2. The first-order chi connectivity index (χ1) is 16.9. The van der Waals surface area contributed by atoms with E-state index in [4.69, 9.17) is 4.84 Å². The topological polar surface area (TPSA) is 74.2 Å². The van der Waals surface area contributed by atoms with E-state index in [0.29, 0.717) is 24.4 Å². The van der Waals surface area contributed by atoms with E-state index < -0.39 is 0 Å². The van der Waals surface area contributed by atoms with Crippen molar-refractivity contribution < 1.29 is 14.7 Å². The zero-order valence-corrected chi connectivity index (χ0v) is 23.5. The fourth-order valence-electron chi connectivity index (χ4n) is 9.34. The zero-order chi connectivity index (χ0) is 25.9. The summed E-state index contributed by atoms with van der Waals surface area (Å²) in [6, 6.07) is 0.312. The Morgan fingerprint density at radius 3 is 2.67 bits per heavy atom. The predicted octanol–water partition coefficient (Wildman–Crippen LogP) is 5.76. The van der Waals surface area contributed by atoms with Crippen LogP contribution in [-0.4, -0.2) is 54.1 Å². The van der Waals surface area contributed by atoms with Crippen LogP contribution < -0.4 is 5.32 Å². The average molecular weight is 500 g/mol. The number of hydrogen-bond acceptors (Lipinski definition) is 5. The molecule has 1 amide bonds. The first-order valence-corrected chi connectivity index (χ1v) is 14.5. The number of carbonyl (C=O) groups is 1. The lowest BCUT2D eigenvalue weighted by Gasteiger charge is -2.58. The molecule has 1 heterocycles. The maximum absolute atomic E-state index is 12.7. The second kappa shape index (κ2) is 9.41. The Hall–Kier alpha value is -1.40. The van der Waals surface area contributed by atoms with Crippen molar-refractivity contribution in [3.8, 4) is 0 Å². The van der Waals surface area contributed by atoms with Gasteiger partial charge in [0.15, 0.2) is 0 Å². The van der Waals surface area contributed by atoms with Gasteiger partial charge in [0.05, 0.1) is 11.8 Å². The first kappa shape index (κ1) is 26.2. The molecule has 4 aliphatic carbocycles. The zero-order valence-electron chi connectivity index (χ0n) is 23.5. The fraction of sp³-hybridized carbons (Fsp3) is 0.867. The van der Waals surface area contributed by atoms with Crippen molar-refractivity contribution in [2.45, 2.75) is 105 Å². The lowest BCUT2D eigenvalue weighted by molar-refractivity contribution is -0.0426. The van der Waals surface area contributed by atoms with Gasteiger partial charge in [0, 0.05) is 32.1 Å².